The zero-order valence-electron chi connectivity index (χ0n) is 18.2. The Labute approximate surface area is 207 Å². The van der Waals surface area contributed by atoms with Crippen molar-refractivity contribution in [2.75, 3.05) is 16.6 Å². The van der Waals surface area contributed by atoms with E-state index in [1.54, 1.807) is 30.3 Å². The van der Waals surface area contributed by atoms with Gasteiger partial charge in [-0.1, -0.05) is 59.6 Å². The second kappa shape index (κ2) is 11.0. The smallest absolute Gasteiger partial charge is 0.262 e. The molecule has 0 aliphatic carbocycles. The molecule has 0 fully saturated rings. The molecule has 0 atom stereocenters. The van der Waals surface area contributed by atoms with Crippen molar-refractivity contribution in [3.63, 3.8) is 0 Å². The molecule has 0 aromatic heterocycles. The first kappa shape index (κ1) is 25.1. The molecule has 174 valence electrons. The Bertz CT molecular complexity index is 1230. The summed E-state index contributed by atoms with van der Waals surface area (Å²) in [5.74, 6) is -0.118. The summed E-state index contributed by atoms with van der Waals surface area (Å²) < 4.78 is 34.2. The van der Waals surface area contributed by atoms with E-state index in [4.69, 9.17) is 16.3 Å². The minimum Gasteiger partial charge on any atom is -0.482 e. The van der Waals surface area contributed by atoms with Gasteiger partial charge in [-0.15, -0.1) is 0 Å². The van der Waals surface area contributed by atoms with Gasteiger partial charge in [0, 0.05) is 15.8 Å². The monoisotopic (exact) mass is 550 g/mol. The fraction of sp³-hybridized carbons (Fsp3) is 0.208. The number of sulfonamides is 1. The van der Waals surface area contributed by atoms with Crippen LogP contribution in [-0.2, 0) is 27.7 Å². The standard InChI is InChI=1S/C24H24BrClN2O4S/c1-3-16-12-18(25)13-17(4-2)24(16)27-23(29)15-32-22-11-10-20(14-21(22)26)33(30,31)28-19-8-6-5-7-9-19/h5-14,28H,3-4,15H2,1-2H3,(H,27,29). The molecule has 0 aliphatic rings. The van der Waals surface area contributed by atoms with E-state index in [-0.39, 0.29) is 28.2 Å². The fourth-order valence-electron chi connectivity index (χ4n) is 3.25. The van der Waals surface area contributed by atoms with Crippen molar-refractivity contribution in [1.29, 1.82) is 0 Å². The zero-order valence-corrected chi connectivity index (χ0v) is 21.4. The van der Waals surface area contributed by atoms with Crippen LogP contribution < -0.4 is 14.8 Å². The molecule has 0 bridgehead atoms. The minimum atomic E-state index is -3.82. The van der Waals surface area contributed by atoms with E-state index in [1.165, 1.54) is 18.2 Å². The maximum Gasteiger partial charge on any atom is 0.262 e. The average Bonchev–Trinajstić information content (AvgIpc) is 2.79. The van der Waals surface area contributed by atoms with Crippen LogP contribution in [0.5, 0.6) is 5.75 Å². The second-order valence-corrected chi connectivity index (χ2v) is 10.2. The number of hydrogen-bond acceptors (Lipinski definition) is 4. The topological polar surface area (TPSA) is 84.5 Å². The van der Waals surface area contributed by atoms with Crippen LogP contribution in [0.4, 0.5) is 11.4 Å². The number of benzene rings is 3. The van der Waals surface area contributed by atoms with Crippen LogP contribution in [0.2, 0.25) is 5.02 Å². The molecule has 0 aliphatic heterocycles. The summed E-state index contributed by atoms with van der Waals surface area (Å²) in [6.07, 6.45) is 1.53. The Kier molecular flexibility index (Phi) is 8.40. The lowest BCUT2D eigenvalue weighted by atomic mass is 10.0. The number of halogens is 2. The van der Waals surface area contributed by atoms with Crippen LogP contribution in [-0.4, -0.2) is 20.9 Å². The van der Waals surface area contributed by atoms with Crippen molar-refractivity contribution in [2.24, 2.45) is 0 Å². The molecule has 9 heteroatoms. The van der Waals surface area contributed by atoms with Gasteiger partial charge in [-0.3, -0.25) is 9.52 Å². The average molecular weight is 552 g/mol. The highest BCUT2D eigenvalue weighted by Gasteiger charge is 2.17. The first-order valence-electron chi connectivity index (χ1n) is 10.3. The van der Waals surface area contributed by atoms with Crippen molar-refractivity contribution < 1.29 is 17.9 Å². The van der Waals surface area contributed by atoms with Gasteiger partial charge in [0.1, 0.15) is 5.75 Å². The number of nitrogens with one attached hydrogen (secondary N) is 2. The van der Waals surface area contributed by atoms with Crippen molar-refractivity contribution >= 4 is 54.8 Å². The molecule has 3 aromatic carbocycles. The Morgan fingerprint density at radius 1 is 1.00 bits per heavy atom. The first-order valence-corrected chi connectivity index (χ1v) is 13.0. The SMILES string of the molecule is CCc1cc(Br)cc(CC)c1NC(=O)COc1ccc(S(=O)(=O)Nc2ccccc2)cc1Cl. The second-order valence-electron chi connectivity index (χ2n) is 7.21. The van der Waals surface area contributed by atoms with Gasteiger partial charge in [-0.2, -0.15) is 0 Å². The Balaban J connectivity index is 1.68. The molecule has 1 amide bonds. The summed E-state index contributed by atoms with van der Waals surface area (Å²) in [6.45, 7) is 3.78. The highest BCUT2D eigenvalue weighted by Crippen LogP contribution is 2.29. The van der Waals surface area contributed by atoms with Gasteiger partial charge in [0.05, 0.1) is 9.92 Å². The Morgan fingerprint density at radius 2 is 1.64 bits per heavy atom. The Morgan fingerprint density at radius 3 is 2.21 bits per heavy atom. The first-order chi connectivity index (χ1) is 15.7. The van der Waals surface area contributed by atoms with E-state index in [2.05, 4.69) is 26.0 Å². The number of amides is 1. The maximum absolute atomic E-state index is 12.6. The molecule has 0 unspecified atom stereocenters. The van der Waals surface area contributed by atoms with Gasteiger partial charge in [0.2, 0.25) is 0 Å². The van der Waals surface area contributed by atoms with Crippen molar-refractivity contribution in [2.45, 2.75) is 31.6 Å². The van der Waals surface area contributed by atoms with Gasteiger partial charge >= 0.3 is 0 Å². The predicted molar refractivity (Wildman–Crippen MR) is 136 cm³/mol. The summed E-state index contributed by atoms with van der Waals surface area (Å²) in [5, 5.41) is 3.02. The Hall–Kier alpha value is -2.55. The van der Waals surface area contributed by atoms with Crippen LogP contribution in [0.1, 0.15) is 25.0 Å². The summed E-state index contributed by atoms with van der Waals surface area (Å²) >= 11 is 9.74. The molecule has 6 nitrogen and oxygen atoms in total. The van der Waals surface area contributed by atoms with Crippen LogP contribution in [0, 0.1) is 0 Å². The van der Waals surface area contributed by atoms with Crippen molar-refractivity contribution in [3.8, 4) is 5.75 Å². The largest absolute Gasteiger partial charge is 0.482 e. The van der Waals surface area contributed by atoms with Crippen LogP contribution in [0.15, 0.2) is 70.0 Å². The number of para-hydroxylation sites is 1. The van der Waals surface area contributed by atoms with E-state index in [0.717, 1.165) is 34.1 Å². The molecule has 0 saturated carbocycles. The molecular formula is C24H24BrClN2O4S. The van der Waals surface area contributed by atoms with E-state index in [1.807, 2.05) is 26.0 Å². The van der Waals surface area contributed by atoms with Crippen LogP contribution in [0.25, 0.3) is 0 Å². The highest BCUT2D eigenvalue weighted by atomic mass is 79.9. The van der Waals surface area contributed by atoms with E-state index >= 15 is 0 Å². The number of carbonyl (C=O) groups is 1. The minimum absolute atomic E-state index is 0.0109. The summed E-state index contributed by atoms with van der Waals surface area (Å²) in [5.41, 5.74) is 3.27. The quantitative estimate of drug-likeness (QED) is 0.339. The molecular weight excluding hydrogens is 528 g/mol. The van der Waals surface area contributed by atoms with Gasteiger partial charge in [-0.05, 0) is 66.4 Å². The number of carbonyl (C=O) groups excluding carboxylic acids is 1. The zero-order chi connectivity index (χ0) is 24.0. The van der Waals surface area contributed by atoms with Gasteiger partial charge in [0.15, 0.2) is 6.61 Å². The highest BCUT2D eigenvalue weighted by molar-refractivity contribution is 9.10. The molecule has 3 aromatic rings. The van der Waals surface area contributed by atoms with E-state index in [9.17, 15) is 13.2 Å². The lowest BCUT2D eigenvalue weighted by Crippen LogP contribution is -2.22. The lowest BCUT2D eigenvalue weighted by Gasteiger charge is -2.16. The number of ether oxygens (including phenoxy) is 1. The number of hydrogen-bond donors (Lipinski definition) is 2. The maximum atomic E-state index is 12.6. The summed E-state index contributed by atoms with van der Waals surface area (Å²) in [7, 11) is -3.82. The lowest BCUT2D eigenvalue weighted by molar-refractivity contribution is -0.118. The predicted octanol–water partition coefficient (Wildman–Crippen LogP) is 6.05. The van der Waals surface area contributed by atoms with Gasteiger partial charge in [-0.25, -0.2) is 8.42 Å². The van der Waals surface area contributed by atoms with Crippen LogP contribution in [0.3, 0.4) is 0 Å². The van der Waals surface area contributed by atoms with E-state index in [0.29, 0.717) is 5.69 Å². The molecule has 0 saturated heterocycles. The normalized spacial score (nSPS) is 11.2. The fourth-order valence-corrected chi connectivity index (χ4v) is 5.19. The molecule has 0 spiro atoms. The molecule has 2 N–H and O–H groups in total. The van der Waals surface area contributed by atoms with Crippen LogP contribution >= 0.6 is 27.5 Å². The van der Waals surface area contributed by atoms with Crippen molar-refractivity contribution in [1.82, 2.24) is 0 Å². The number of anilines is 2. The van der Waals surface area contributed by atoms with Gasteiger partial charge < -0.3 is 10.1 Å². The number of rotatable bonds is 9. The third-order valence-corrected chi connectivity index (χ3v) is 7.02. The molecule has 0 radical (unpaired) electrons. The van der Waals surface area contributed by atoms with Gasteiger partial charge in [0.25, 0.3) is 15.9 Å². The van der Waals surface area contributed by atoms with E-state index < -0.39 is 10.0 Å². The molecule has 3 rings (SSSR count). The van der Waals surface area contributed by atoms with Crippen molar-refractivity contribution in [3.05, 3.63) is 81.3 Å². The summed E-state index contributed by atoms with van der Waals surface area (Å²) in [6, 6.07) is 16.6. The molecule has 33 heavy (non-hydrogen) atoms. The third-order valence-electron chi connectivity index (χ3n) is 4.89. The summed E-state index contributed by atoms with van der Waals surface area (Å²) in [4.78, 5) is 12.5. The third kappa shape index (κ3) is 6.50. The number of aryl methyl sites for hydroxylation is 2. The molecule has 0 heterocycles.